The Morgan fingerprint density at radius 3 is 2.74 bits per heavy atom. The molecule has 0 fully saturated rings. The SMILES string of the molecule is Br.CC1=C(CCO)SCN1CC(=O)c1cccc2ccccc12. The van der Waals surface area contributed by atoms with Crippen molar-refractivity contribution in [3.8, 4) is 0 Å². The van der Waals surface area contributed by atoms with Crippen molar-refractivity contribution in [2.75, 3.05) is 19.0 Å². The number of allylic oxidation sites excluding steroid dienone is 1. The first kappa shape index (κ1) is 18.0. The van der Waals surface area contributed by atoms with Crippen LogP contribution in [0, 0.1) is 0 Å². The van der Waals surface area contributed by atoms with Crippen LogP contribution in [0.2, 0.25) is 0 Å². The Kier molecular flexibility index (Phi) is 6.27. The average molecular weight is 394 g/mol. The lowest BCUT2D eigenvalue weighted by Gasteiger charge is -2.18. The van der Waals surface area contributed by atoms with Gasteiger partial charge in [0.15, 0.2) is 5.78 Å². The molecule has 0 aliphatic carbocycles. The van der Waals surface area contributed by atoms with Crippen LogP contribution >= 0.6 is 28.7 Å². The Balaban J connectivity index is 0.00000192. The van der Waals surface area contributed by atoms with Crippen molar-refractivity contribution in [1.29, 1.82) is 0 Å². The van der Waals surface area contributed by atoms with Gasteiger partial charge in [-0.2, -0.15) is 0 Å². The summed E-state index contributed by atoms with van der Waals surface area (Å²) in [6, 6.07) is 13.9. The van der Waals surface area contributed by atoms with Crippen LogP contribution in [-0.4, -0.2) is 34.8 Å². The molecule has 5 heteroatoms. The van der Waals surface area contributed by atoms with Gasteiger partial charge in [0.05, 0.1) is 12.4 Å². The highest BCUT2D eigenvalue weighted by molar-refractivity contribution is 8.93. The first-order chi connectivity index (χ1) is 10.7. The van der Waals surface area contributed by atoms with Crippen LogP contribution in [-0.2, 0) is 0 Å². The third kappa shape index (κ3) is 3.79. The van der Waals surface area contributed by atoms with Gasteiger partial charge in [-0.1, -0.05) is 42.5 Å². The summed E-state index contributed by atoms with van der Waals surface area (Å²) in [6.45, 7) is 2.58. The first-order valence-electron chi connectivity index (χ1n) is 7.40. The van der Waals surface area contributed by atoms with Gasteiger partial charge in [0, 0.05) is 29.2 Å². The summed E-state index contributed by atoms with van der Waals surface area (Å²) in [5, 5.41) is 11.2. The topological polar surface area (TPSA) is 40.5 Å². The maximum atomic E-state index is 12.7. The summed E-state index contributed by atoms with van der Waals surface area (Å²) in [5.41, 5.74) is 1.90. The summed E-state index contributed by atoms with van der Waals surface area (Å²) in [7, 11) is 0. The predicted molar refractivity (Wildman–Crippen MR) is 102 cm³/mol. The fourth-order valence-corrected chi connectivity index (χ4v) is 3.95. The molecule has 0 bridgehead atoms. The van der Waals surface area contributed by atoms with Crippen LogP contribution in [0.3, 0.4) is 0 Å². The number of carbonyl (C=O) groups excluding carboxylic acids is 1. The molecular formula is C18H20BrNO2S. The minimum atomic E-state index is 0. The third-order valence-electron chi connectivity index (χ3n) is 4.04. The second kappa shape index (κ2) is 7.99. The Morgan fingerprint density at radius 2 is 1.96 bits per heavy atom. The molecule has 1 N–H and O–H groups in total. The molecule has 122 valence electrons. The molecule has 1 aliphatic rings. The van der Waals surface area contributed by atoms with E-state index in [2.05, 4.69) is 4.90 Å². The van der Waals surface area contributed by atoms with Crippen molar-refractivity contribution < 1.29 is 9.90 Å². The van der Waals surface area contributed by atoms with Gasteiger partial charge in [-0.25, -0.2) is 0 Å². The fourth-order valence-electron chi connectivity index (χ4n) is 2.78. The first-order valence-corrected chi connectivity index (χ1v) is 8.38. The largest absolute Gasteiger partial charge is 0.396 e. The van der Waals surface area contributed by atoms with Crippen LogP contribution in [0.1, 0.15) is 23.7 Å². The molecule has 0 saturated carbocycles. The normalized spacial score (nSPS) is 14.3. The van der Waals surface area contributed by atoms with Gasteiger partial charge in [0.1, 0.15) is 0 Å². The van der Waals surface area contributed by atoms with E-state index < -0.39 is 0 Å². The molecule has 2 aromatic rings. The summed E-state index contributed by atoms with van der Waals surface area (Å²) in [5.74, 6) is 0.930. The molecule has 1 heterocycles. The van der Waals surface area contributed by atoms with E-state index in [0.29, 0.717) is 13.0 Å². The number of ketones is 1. The van der Waals surface area contributed by atoms with Crippen LogP contribution in [0.5, 0.6) is 0 Å². The highest BCUT2D eigenvalue weighted by atomic mass is 79.9. The van der Waals surface area contributed by atoms with Gasteiger partial charge in [-0.3, -0.25) is 4.79 Å². The zero-order chi connectivity index (χ0) is 15.5. The molecule has 3 nitrogen and oxygen atoms in total. The summed E-state index contributed by atoms with van der Waals surface area (Å²) >= 11 is 1.72. The van der Waals surface area contributed by atoms with Crippen molar-refractivity contribution in [1.82, 2.24) is 4.90 Å². The van der Waals surface area contributed by atoms with E-state index in [1.165, 1.54) is 4.91 Å². The van der Waals surface area contributed by atoms with Gasteiger partial charge in [0.2, 0.25) is 0 Å². The standard InChI is InChI=1S/C18H19NO2S.BrH/c1-13-18(9-10-20)22-12-19(13)11-17(21)16-8-4-6-14-5-2-3-7-15(14)16;/h2-8,20H,9-12H2,1H3;1H. The number of carbonyl (C=O) groups is 1. The maximum absolute atomic E-state index is 12.7. The van der Waals surface area contributed by atoms with Crippen molar-refractivity contribution >= 4 is 45.3 Å². The molecule has 0 atom stereocenters. The lowest BCUT2D eigenvalue weighted by atomic mass is 10.0. The van der Waals surface area contributed by atoms with E-state index in [1.54, 1.807) is 11.8 Å². The number of hydrogen-bond donors (Lipinski definition) is 1. The van der Waals surface area contributed by atoms with Gasteiger partial charge in [-0.05, 0) is 17.7 Å². The predicted octanol–water partition coefficient (Wildman–Crippen LogP) is 4.22. The van der Waals surface area contributed by atoms with Crippen molar-refractivity contribution in [2.45, 2.75) is 13.3 Å². The van der Waals surface area contributed by atoms with Crippen LogP contribution in [0.15, 0.2) is 53.1 Å². The molecule has 2 aromatic carbocycles. The van der Waals surface area contributed by atoms with E-state index in [4.69, 9.17) is 5.11 Å². The smallest absolute Gasteiger partial charge is 0.182 e. The Hall–Kier alpha value is -1.30. The minimum absolute atomic E-state index is 0. The molecule has 23 heavy (non-hydrogen) atoms. The summed E-state index contributed by atoms with van der Waals surface area (Å²) in [6.07, 6.45) is 0.676. The zero-order valence-electron chi connectivity index (χ0n) is 13.0. The highest BCUT2D eigenvalue weighted by Gasteiger charge is 2.22. The molecule has 0 spiro atoms. The van der Waals surface area contributed by atoms with Gasteiger partial charge >= 0.3 is 0 Å². The number of hydrogen-bond acceptors (Lipinski definition) is 4. The van der Waals surface area contributed by atoms with E-state index in [0.717, 1.165) is 27.9 Å². The molecule has 3 rings (SSSR count). The lowest BCUT2D eigenvalue weighted by Crippen LogP contribution is -2.25. The number of fused-ring (bicyclic) bond motifs is 1. The van der Waals surface area contributed by atoms with Gasteiger partial charge < -0.3 is 10.0 Å². The van der Waals surface area contributed by atoms with Gasteiger partial charge in [0.25, 0.3) is 0 Å². The molecule has 0 amide bonds. The summed E-state index contributed by atoms with van der Waals surface area (Å²) < 4.78 is 0. The van der Waals surface area contributed by atoms with Crippen LogP contribution in [0.4, 0.5) is 0 Å². The second-order valence-corrected chi connectivity index (χ2v) is 6.44. The number of halogens is 1. The lowest BCUT2D eigenvalue weighted by molar-refractivity contribution is 0.0960. The third-order valence-corrected chi connectivity index (χ3v) is 5.32. The molecular weight excluding hydrogens is 374 g/mol. The molecule has 0 radical (unpaired) electrons. The number of benzene rings is 2. The van der Waals surface area contributed by atoms with Crippen molar-refractivity contribution in [3.05, 3.63) is 58.6 Å². The fraction of sp³-hybridized carbons (Fsp3) is 0.278. The number of aliphatic hydroxyl groups is 1. The second-order valence-electron chi connectivity index (χ2n) is 5.40. The number of nitrogens with zero attached hydrogens (tertiary/aromatic N) is 1. The number of Topliss-reactive ketones (excluding diaryl/α,β-unsaturated/α-hetero) is 1. The van der Waals surface area contributed by atoms with Gasteiger partial charge in [-0.15, -0.1) is 28.7 Å². The number of rotatable bonds is 5. The molecule has 0 saturated heterocycles. The highest BCUT2D eigenvalue weighted by Crippen LogP contribution is 2.33. The van der Waals surface area contributed by atoms with Crippen LogP contribution < -0.4 is 0 Å². The van der Waals surface area contributed by atoms with Crippen molar-refractivity contribution in [2.24, 2.45) is 0 Å². The van der Waals surface area contributed by atoms with E-state index in [-0.39, 0.29) is 29.4 Å². The Labute approximate surface area is 151 Å². The van der Waals surface area contributed by atoms with E-state index >= 15 is 0 Å². The number of aliphatic hydroxyl groups excluding tert-OH is 1. The van der Waals surface area contributed by atoms with Crippen molar-refractivity contribution in [3.63, 3.8) is 0 Å². The van der Waals surface area contributed by atoms with Crippen LogP contribution in [0.25, 0.3) is 10.8 Å². The Morgan fingerprint density at radius 1 is 1.22 bits per heavy atom. The quantitative estimate of drug-likeness (QED) is 0.771. The molecule has 0 aromatic heterocycles. The summed E-state index contributed by atoms with van der Waals surface area (Å²) in [4.78, 5) is 16.0. The van der Waals surface area contributed by atoms with E-state index in [9.17, 15) is 4.79 Å². The molecule has 0 unspecified atom stereocenters. The average Bonchev–Trinajstić information content (AvgIpc) is 2.88. The minimum Gasteiger partial charge on any atom is -0.396 e. The maximum Gasteiger partial charge on any atom is 0.182 e. The Bertz CT molecular complexity index is 739. The zero-order valence-corrected chi connectivity index (χ0v) is 15.5. The monoisotopic (exact) mass is 393 g/mol. The van der Waals surface area contributed by atoms with E-state index in [1.807, 2.05) is 49.4 Å². The number of thioether (sulfide) groups is 1. The molecule has 1 aliphatic heterocycles.